The van der Waals surface area contributed by atoms with Gasteiger partial charge in [-0.25, -0.2) is 0 Å². The maximum atomic E-state index is 9.10. The van der Waals surface area contributed by atoms with Crippen molar-refractivity contribution in [3.8, 4) is 6.07 Å². The molecule has 2 aromatic rings. The Morgan fingerprint density at radius 3 is 2.59 bits per heavy atom. The van der Waals surface area contributed by atoms with Crippen molar-refractivity contribution < 1.29 is 0 Å². The Hall–Kier alpha value is -1.44. The molecule has 0 bridgehead atoms. The summed E-state index contributed by atoms with van der Waals surface area (Å²) in [5.74, 6) is 0. The first-order chi connectivity index (χ1) is 8.11. The lowest BCUT2D eigenvalue weighted by Gasteiger charge is -2.02. The molecule has 0 saturated carbocycles. The molecule has 2 rings (SSSR count). The van der Waals surface area contributed by atoms with Gasteiger partial charge in [0, 0.05) is 17.0 Å². The molecule has 5 heteroatoms. The molecule has 0 unspecified atom stereocenters. The van der Waals surface area contributed by atoms with Crippen LogP contribution in [-0.2, 0) is 7.05 Å². The molecule has 17 heavy (non-hydrogen) atoms. The van der Waals surface area contributed by atoms with Crippen molar-refractivity contribution in [1.29, 1.82) is 5.26 Å². The number of benzene rings is 1. The molecule has 0 aliphatic carbocycles. The third kappa shape index (κ3) is 2.46. The molecule has 0 N–H and O–H groups in total. The quantitative estimate of drug-likeness (QED) is 0.834. The van der Waals surface area contributed by atoms with Gasteiger partial charge in [-0.2, -0.15) is 10.4 Å². The number of hydrogen-bond donors (Lipinski definition) is 0. The van der Waals surface area contributed by atoms with Gasteiger partial charge in [0.2, 0.25) is 0 Å². The smallest absolute Gasteiger partial charge is 0.117 e. The number of nitriles is 1. The molecule has 0 atom stereocenters. The van der Waals surface area contributed by atoms with Crippen LogP contribution in [0.15, 0.2) is 34.2 Å². The van der Waals surface area contributed by atoms with Gasteiger partial charge in [0.25, 0.3) is 0 Å². The Morgan fingerprint density at radius 2 is 2.00 bits per heavy atom. The topological polar surface area (TPSA) is 41.6 Å². The van der Waals surface area contributed by atoms with Gasteiger partial charge in [-0.05, 0) is 31.2 Å². The van der Waals surface area contributed by atoms with Crippen LogP contribution in [0.3, 0.4) is 0 Å². The Balaban J connectivity index is 2.36. The van der Waals surface area contributed by atoms with Crippen molar-refractivity contribution in [3.05, 3.63) is 40.5 Å². The highest BCUT2D eigenvalue weighted by Gasteiger charge is 2.13. The Kier molecular flexibility index (Phi) is 3.41. The lowest BCUT2D eigenvalue weighted by molar-refractivity contribution is 0.692. The third-order valence-corrected chi connectivity index (χ3v) is 3.73. The van der Waals surface area contributed by atoms with Crippen LogP contribution >= 0.6 is 23.4 Å². The molecule has 0 aliphatic heterocycles. The van der Waals surface area contributed by atoms with Crippen LogP contribution in [0.5, 0.6) is 0 Å². The van der Waals surface area contributed by atoms with Crippen LogP contribution < -0.4 is 0 Å². The minimum Gasteiger partial charge on any atom is -0.260 e. The number of nitrogens with zero attached hydrogens (tertiary/aromatic N) is 3. The fraction of sp³-hybridized carbons (Fsp3) is 0.167. The van der Waals surface area contributed by atoms with E-state index >= 15 is 0 Å². The highest BCUT2D eigenvalue weighted by atomic mass is 35.5. The molecule has 0 aliphatic rings. The molecule has 1 aromatic carbocycles. The van der Waals surface area contributed by atoms with Crippen LogP contribution in [-0.4, -0.2) is 9.78 Å². The first-order valence-electron chi connectivity index (χ1n) is 4.99. The summed E-state index contributed by atoms with van der Waals surface area (Å²) in [5.41, 5.74) is 1.39. The van der Waals surface area contributed by atoms with E-state index in [9.17, 15) is 0 Å². The summed E-state index contributed by atoms with van der Waals surface area (Å²) in [6, 6.07) is 9.71. The number of aromatic nitrogens is 2. The van der Waals surface area contributed by atoms with Gasteiger partial charge in [-0.15, -0.1) is 0 Å². The Labute approximate surface area is 109 Å². The Bertz CT molecular complexity index is 581. The molecule has 0 amide bonds. The van der Waals surface area contributed by atoms with Crippen LogP contribution in [0.4, 0.5) is 0 Å². The summed E-state index contributed by atoms with van der Waals surface area (Å²) >= 11 is 7.34. The van der Waals surface area contributed by atoms with Crippen molar-refractivity contribution in [2.24, 2.45) is 7.05 Å². The van der Waals surface area contributed by atoms with E-state index < -0.39 is 0 Å². The molecule has 0 spiro atoms. The van der Waals surface area contributed by atoms with Gasteiger partial charge in [-0.3, -0.25) is 4.68 Å². The SMILES string of the molecule is Cc1nn(C)c(Sc2ccc(Cl)cc2)c1C#N. The zero-order valence-electron chi connectivity index (χ0n) is 9.44. The normalized spacial score (nSPS) is 10.2. The largest absolute Gasteiger partial charge is 0.260 e. The predicted octanol–water partition coefficient (Wildman–Crippen LogP) is 3.40. The minimum absolute atomic E-state index is 0.632. The number of hydrogen-bond acceptors (Lipinski definition) is 3. The fourth-order valence-corrected chi connectivity index (χ4v) is 2.59. The second-order valence-corrected chi connectivity index (χ2v) is 5.06. The average molecular weight is 264 g/mol. The van der Waals surface area contributed by atoms with Crippen molar-refractivity contribution in [3.63, 3.8) is 0 Å². The summed E-state index contributed by atoms with van der Waals surface area (Å²) < 4.78 is 1.73. The van der Waals surface area contributed by atoms with Crippen molar-refractivity contribution in [1.82, 2.24) is 9.78 Å². The standard InChI is InChI=1S/C12H10ClN3S/c1-8-11(7-14)12(16(2)15-8)17-10-5-3-9(13)4-6-10/h3-6H,1-2H3. The average Bonchev–Trinajstić information content (AvgIpc) is 2.57. The van der Waals surface area contributed by atoms with Crippen LogP contribution in [0.2, 0.25) is 5.02 Å². The molecule has 86 valence electrons. The van der Waals surface area contributed by atoms with Gasteiger partial charge in [0.15, 0.2) is 0 Å². The molecular formula is C12H10ClN3S. The van der Waals surface area contributed by atoms with Gasteiger partial charge in [0.05, 0.1) is 5.69 Å². The summed E-state index contributed by atoms with van der Waals surface area (Å²) in [6.07, 6.45) is 0. The third-order valence-electron chi connectivity index (χ3n) is 2.31. The zero-order valence-corrected chi connectivity index (χ0v) is 11.0. The lowest BCUT2D eigenvalue weighted by Crippen LogP contribution is -1.92. The second kappa shape index (κ2) is 4.82. The maximum Gasteiger partial charge on any atom is 0.117 e. The van der Waals surface area contributed by atoms with E-state index in [-0.39, 0.29) is 0 Å². The fourth-order valence-electron chi connectivity index (χ4n) is 1.50. The summed E-state index contributed by atoms with van der Waals surface area (Å²) in [4.78, 5) is 1.04. The van der Waals surface area contributed by atoms with Gasteiger partial charge >= 0.3 is 0 Å². The first-order valence-corrected chi connectivity index (χ1v) is 6.18. The Morgan fingerprint density at radius 1 is 1.35 bits per heavy atom. The molecule has 0 fully saturated rings. The zero-order chi connectivity index (χ0) is 12.4. The molecule has 1 heterocycles. The predicted molar refractivity (Wildman–Crippen MR) is 68.2 cm³/mol. The van der Waals surface area contributed by atoms with Crippen LogP contribution in [0.1, 0.15) is 11.3 Å². The molecule has 3 nitrogen and oxygen atoms in total. The van der Waals surface area contributed by atoms with Crippen LogP contribution in [0.25, 0.3) is 0 Å². The van der Waals surface area contributed by atoms with E-state index in [1.54, 1.807) is 4.68 Å². The van der Waals surface area contributed by atoms with Crippen molar-refractivity contribution >= 4 is 23.4 Å². The highest BCUT2D eigenvalue weighted by molar-refractivity contribution is 7.99. The molecule has 0 saturated heterocycles. The minimum atomic E-state index is 0.632. The molecular weight excluding hydrogens is 254 g/mol. The second-order valence-electron chi connectivity index (χ2n) is 3.56. The molecule has 1 aromatic heterocycles. The van der Waals surface area contributed by atoms with Crippen molar-refractivity contribution in [2.75, 3.05) is 0 Å². The first kappa shape index (κ1) is 12.0. The van der Waals surface area contributed by atoms with Gasteiger partial charge in [0.1, 0.15) is 16.7 Å². The van der Waals surface area contributed by atoms with Gasteiger partial charge < -0.3 is 0 Å². The summed E-state index contributed by atoms with van der Waals surface area (Å²) in [6.45, 7) is 1.84. The van der Waals surface area contributed by atoms with E-state index in [0.29, 0.717) is 10.6 Å². The van der Waals surface area contributed by atoms with Crippen LogP contribution in [0, 0.1) is 18.3 Å². The van der Waals surface area contributed by atoms with E-state index in [2.05, 4.69) is 11.2 Å². The summed E-state index contributed by atoms with van der Waals surface area (Å²) in [7, 11) is 1.84. The number of aryl methyl sites for hydroxylation is 2. The summed E-state index contributed by atoms with van der Waals surface area (Å²) in [5, 5.41) is 14.9. The maximum absolute atomic E-state index is 9.10. The van der Waals surface area contributed by atoms with E-state index in [0.717, 1.165) is 15.6 Å². The van der Waals surface area contributed by atoms with E-state index in [4.69, 9.17) is 16.9 Å². The van der Waals surface area contributed by atoms with Crippen molar-refractivity contribution in [2.45, 2.75) is 16.8 Å². The highest BCUT2D eigenvalue weighted by Crippen LogP contribution is 2.31. The lowest BCUT2D eigenvalue weighted by atomic mass is 10.3. The number of halogens is 1. The van der Waals surface area contributed by atoms with E-state index in [1.807, 2.05) is 38.2 Å². The van der Waals surface area contributed by atoms with E-state index in [1.165, 1.54) is 11.8 Å². The monoisotopic (exact) mass is 263 g/mol. The number of rotatable bonds is 2. The van der Waals surface area contributed by atoms with Gasteiger partial charge in [-0.1, -0.05) is 23.4 Å². The molecule has 0 radical (unpaired) electrons.